The van der Waals surface area contributed by atoms with Crippen molar-refractivity contribution in [3.05, 3.63) is 35.4 Å². The van der Waals surface area contributed by atoms with E-state index in [-0.39, 0.29) is 5.91 Å². The number of nitrogens with one attached hydrogen (secondary N) is 2. The SMILES string of the molecule is CCNC(=NCCCC(=O)N1CCc2ccccc2C1)NCCN(C)CCCOC. The minimum Gasteiger partial charge on any atom is -0.385 e. The molecule has 30 heavy (non-hydrogen) atoms. The number of guanidine groups is 1. The highest BCUT2D eigenvalue weighted by atomic mass is 16.5. The van der Waals surface area contributed by atoms with Gasteiger partial charge in [0.25, 0.3) is 0 Å². The van der Waals surface area contributed by atoms with Crippen LogP contribution in [-0.2, 0) is 22.5 Å². The molecule has 0 radical (unpaired) electrons. The van der Waals surface area contributed by atoms with Gasteiger partial charge < -0.3 is 25.2 Å². The molecule has 2 rings (SSSR count). The van der Waals surface area contributed by atoms with Crippen LogP contribution in [0, 0.1) is 0 Å². The molecule has 0 atom stereocenters. The van der Waals surface area contributed by atoms with Crippen LogP contribution in [0.25, 0.3) is 0 Å². The van der Waals surface area contributed by atoms with Crippen molar-refractivity contribution in [3.63, 3.8) is 0 Å². The lowest BCUT2D eigenvalue weighted by atomic mass is 9.99. The number of carbonyl (C=O) groups excluding carboxylic acids is 1. The van der Waals surface area contributed by atoms with Crippen LogP contribution in [-0.4, -0.2) is 81.7 Å². The fraction of sp³-hybridized carbons (Fsp3) is 0.652. The Morgan fingerprint density at radius 1 is 1.20 bits per heavy atom. The Balaban J connectivity index is 1.67. The number of carbonyl (C=O) groups is 1. The third kappa shape index (κ3) is 8.71. The number of rotatable bonds is 12. The summed E-state index contributed by atoms with van der Waals surface area (Å²) >= 11 is 0. The molecular formula is C23H39N5O2. The van der Waals surface area contributed by atoms with Gasteiger partial charge in [0.15, 0.2) is 5.96 Å². The molecule has 1 aliphatic heterocycles. The summed E-state index contributed by atoms with van der Waals surface area (Å²) in [6.07, 6.45) is 3.31. The number of benzene rings is 1. The standard InChI is InChI=1S/C23H39N5O2/c1-4-24-23(26-14-17-27(2)15-8-18-30-3)25-13-7-11-22(29)28-16-12-20-9-5-6-10-21(20)19-28/h5-6,9-10H,4,7-8,11-19H2,1-3H3,(H2,24,25,26). The van der Waals surface area contributed by atoms with E-state index >= 15 is 0 Å². The quantitative estimate of drug-likeness (QED) is 0.309. The van der Waals surface area contributed by atoms with E-state index in [0.29, 0.717) is 13.0 Å². The summed E-state index contributed by atoms with van der Waals surface area (Å²) in [5.74, 6) is 1.05. The van der Waals surface area contributed by atoms with E-state index in [1.165, 1.54) is 11.1 Å². The maximum atomic E-state index is 12.6. The molecule has 0 spiro atoms. The monoisotopic (exact) mass is 417 g/mol. The first kappa shape index (κ1) is 24.2. The van der Waals surface area contributed by atoms with Gasteiger partial charge in [-0.2, -0.15) is 0 Å². The summed E-state index contributed by atoms with van der Waals surface area (Å²) in [6, 6.07) is 8.42. The lowest BCUT2D eigenvalue weighted by Crippen LogP contribution is -2.41. The lowest BCUT2D eigenvalue weighted by Gasteiger charge is -2.28. The van der Waals surface area contributed by atoms with Gasteiger partial charge in [-0.1, -0.05) is 24.3 Å². The molecule has 2 N–H and O–H groups in total. The molecule has 0 fully saturated rings. The highest BCUT2D eigenvalue weighted by Gasteiger charge is 2.19. The zero-order chi connectivity index (χ0) is 21.6. The smallest absolute Gasteiger partial charge is 0.222 e. The fourth-order valence-electron chi connectivity index (χ4n) is 3.59. The van der Waals surface area contributed by atoms with Crippen molar-refractivity contribution >= 4 is 11.9 Å². The summed E-state index contributed by atoms with van der Waals surface area (Å²) in [6.45, 7) is 8.69. The number of ether oxygens (including phenoxy) is 1. The molecular weight excluding hydrogens is 378 g/mol. The van der Waals surface area contributed by atoms with Gasteiger partial charge in [-0.05, 0) is 44.4 Å². The Bertz CT molecular complexity index is 665. The van der Waals surface area contributed by atoms with Gasteiger partial charge in [0, 0.05) is 66.0 Å². The molecule has 7 heteroatoms. The maximum absolute atomic E-state index is 12.6. The average molecular weight is 418 g/mol. The number of amides is 1. The van der Waals surface area contributed by atoms with Crippen LogP contribution >= 0.6 is 0 Å². The first-order valence-corrected chi connectivity index (χ1v) is 11.2. The Labute approximate surface area is 181 Å². The Morgan fingerprint density at radius 3 is 2.77 bits per heavy atom. The zero-order valence-corrected chi connectivity index (χ0v) is 19.0. The summed E-state index contributed by atoms with van der Waals surface area (Å²) in [7, 11) is 3.85. The van der Waals surface area contributed by atoms with Crippen molar-refractivity contribution in [1.82, 2.24) is 20.4 Å². The number of hydrogen-bond acceptors (Lipinski definition) is 4. The van der Waals surface area contributed by atoms with Crippen LogP contribution < -0.4 is 10.6 Å². The van der Waals surface area contributed by atoms with Crippen molar-refractivity contribution < 1.29 is 9.53 Å². The van der Waals surface area contributed by atoms with Gasteiger partial charge in [0.05, 0.1) is 0 Å². The van der Waals surface area contributed by atoms with E-state index < -0.39 is 0 Å². The number of methoxy groups -OCH3 is 1. The average Bonchev–Trinajstić information content (AvgIpc) is 2.76. The molecule has 0 aromatic heterocycles. The van der Waals surface area contributed by atoms with Gasteiger partial charge in [-0.25, -0.2) is 0 Å². The molecule has 1 aromatic rings. The van der Waals surface area contributed by atoms with Gasteiger partial charge in [0.2, 0.25) is 5.91 Å². The predicted molar refractivity (Wildman–Crippen MR) is 123 cm³/mol. The summed E-state index contributed by atoms with van der Waals surface area (Å²) in [4.78, 5) is 21.5. The molecule has 1 amide bonds. The number of nitrogens with zero attached hydrogens (tertiary/aromatic N) is 3. The zero-order valence-electron chi connectivity index (χ0n) is 19.0. The van der Waals surface area contributed by atoms with Gasteiger partial charge in [0.1, 0.15) is 0 Å². The van der Waals surface area contributed by atoms with Gasteiger partial charge in [-0.3, -0.25) is 9.79 Å². The van der Waals surface area contributed by atoms with E-state index in [9.17, 15) is 4.79 Å². The largest absolute Gasteiger partial charge is 0.385 e. The number of likely N-dealkylation sites (N-methyl/N-ethyl adjacent to an activating group) is 1. The fourth-order valence-corrected chi connectivity index (χ4v) is 3.59. The molecule has 7 nitrogen and oxygen atoms in total. The van der Waals surface area contributed by atoms with Crippen LogP contribution in [0.1, 0.15) is 37.3 Å². The van der Waals surface area contributed by atoms with E-state index in [4.69, 9.17) is 4.74 Å². The van der Waals surface area contributed by atoms with Crippen LogP contribution in [0.5, 0.6) is 0 Å². The summed E-state index contributed by atoms with van der Waals surface area (Å²) in [5, 5.41) is 6.65. The number of fused-ring (bicyclic) bond motifs is 1. The lowest BCUT2D eigenvalue weighted by molar-refractivity contribution is -0.132. The molecule has 0 aliphatic carbocycles. The van der Waals surface area contributed by atoms with Crippen LogP contribution in [0.3, 0.4) is 0 Å². The minimum absolute atomic E-state index is 0.232. The first-order chi connectivity index (χ1) is 14.6. The predicted octanol–water partition coefficient (Wildman–Crippen LogP) is 1.87. The Morgan fingerprint density at radius 2 is 2.00 bits per heavy atom. The molecule has 0 bridgehead atoms. The number of hydrogen-bond donors (Lipinski definition) is 2. The molecule has 168 valence electrons. The van der Waals surface area contributed by atoms with E-state index in [1.807, 2.05) is 11.0 Å². The topological polar surface area (TPSA) is 69.2 Å². The van der Waals surface area contributed by atoms with Crippen molar-refractivity contribution in [2.45, 2.75) is 39.2 Å². The third-order valence-electron chi connectivity index (χ3n) is 5.32. The summed E-state index contributed by atoms with van der Waals surface area (Å²) < 4.78 is 5.09. The van der Waals surface area contributed by atoms with Crippen molar-refractivity contribution in [1.29, 1.82) is 0 Å². The normalized spacial score (nSPS) is 14.0. The van der Waals surface area contributed by atoms with Crippen LogP contribution in [0.15, 0.2) is 29.3 Å². The molecule has 1 aromatic carbocycles. The second kappa shape index (κ2) is 14.0. The van der Waals surface area contributed by atoms with Crippen LogP contribution in [0.4, 0.5) is 0 Å². The molecule has 0 saturated carbocycles. The van der Waals surface area contributed by atoms with Crippen molar-refractivity contribution in [2.75, 3.05) is 60.0 Å². The number of aliphatic imine (C=N–C) groups is 1. The summed E-state index contributed by atoms with van der Waals surface area (Å²) in [5.41, 5.74) is 2.65. The molecule has 1 aliphatic rings. The minimum atomic E-state index is 0.232. The maximum Gasteiger partial charge on any atom is 0.222 e. The first-order valence-electron chi connectivity index (χ1n) is 11.2. The molecule has 0 unspecified atom stereocenters. The molecule has 0 saturated heterocycles. The Kier molecular flexibility index (Phi) is 11.3. The Hall–Kier alpha value is -2.12. The second-order valence-corrected chi connectivity index (χ2v) is 7.77. The van der Waals surface area contributed by atoms with E-state index in [2.05, 4.69) is 52.7 Å². The van der Waals surface area contributed by atoms with E-state index in [1.54, 1.807) is 7.11 Å². The van der Waals surface area contributed by atoms with Crippen molar-refractivity contribution in [2.24, 2.45) is 4.99 Å². The highest BCUT2D eigenvalue weighted by molar-refractivity contribution is 5.80. The van der Waals surface area contributed by atoms with E-state index in [0.717, 1.165) is 71.1 Å². The molecule has 1 heterocycles. The second-order valence-electron chi connectivity index (χ2n) is 7.77. The third-order valence-corrected chi connectivity index (χ3v) is 5.32. The van der Waals surface area contributed by atoms with Crippen LogP contribution in [0.2, 0.25) is 0 Å². The van der Waals surface area contributed by atoms with Crippen molar-refractivity contribution in [3.8, 4) is 0 Å². The van der Waals surface area contributed by atoms with Gasteiger partial charge >= 0.3 is 0 Å². The highest BCUT2D eigenvalue weighted by Crippen LogP contribution is 2.19. The van der Waals surface area contributed by atoms with Gasteiger partial charge in [-0.15, -0.1) is 0 Å².